The lowest BCUT2D eigenvalue weighted by molar-refractivity contribution is -0.116. The van der Waals surface area contributed by atoms with Crippen molar-refractivity contribution in [3.05, 3.63) is 54.4 Å². The average Bonchev–Trinajstić information content (AvgIpc) is 2.97. The lowest BCUT2D eigenvalue weighted by Gasteiger charge is -2.03. The quantitative estimate of drug-likeness (QED) is 0.788. The van der Waals surface area contributed by atoms with E-state index in [9.17, 15) is 4.79 Å². The van der Waals surface area contributed by atoms with Gasteiger partial charge in [-0.1, -0.05) is 35.5 Å². The van der Waals surface area contributed by atoms with Crippen LogP contribution in [0.3, 0.4) is 0 Å². The monoisotopic (exact) mass is 252 g/mol. The van der Waals surface area contributed by atoms with E-state index < -0.39 is 6.10 Å². The van der Waals surface area contributed by atoms with E-state index in [0.717, 1.165) is 28.7 Å². The molecule has 1 aliphatic rings. The Morgan fingerprint density at radius 2 is 1.89 bits per heavy atom. The summed E-state index contributed by atoms with van der Waals surface area (Å²) in [4.78, 5) is 19.9. The Hall–Kier alpha value is -2.49. The first-order valence-electron chi connectivity index (χ1n) is 6.05. The van der Waals surface area contributed by atoms with E-state index in [0.29, 0.717) is 6.42 Å². The number of aromatic nitrogens is 1. The molecule has 0 N–H and O–H groups in total. The van der Waals surface area contributed by atoms with Crippen molar-refractivity contribution in [2.45, 2.75) is 12.5 Å². The number of hydrogen-bond acceptors (Lipinski definition) is 4. The Morgan fingerprint density at radius 1 is 1.11 bits per heavy atom. The molecule has 2 aromatic rings. The SMILES string of the molecule is O=CC1CC(c2cncc(-c3ccccc3)c2)=NO1. The summed E-state index contributed by atoms with van der Waals surface area (Å²) < 4.78 is 0. The van der Waals surface area contributed by atoms with Crippen molar-refractivity contribution in [2.75, 3.05) is 0 Å². The number of benzene rings is 1. The second kappa shape index (κ2) is 5.02. The first kappa shape index (κ1) is 11.6. The van der Waals surface area contributed by atoms with Gasteiger partial charge >= 0.3 is 0 Å². The topological polar surface area (TPSA) is 51.5 Å². The molecule has 1 aromatic heterocycles. The van der Waals surface area contributed by atoms with Gasteiger partial charge in [-0.15, -0.1) is 0 Å². The maximum Gasteiger partial charge on any atom is 0.187 e. The minimum atomic E-state index is -0.463. The molecule has 19 heavy (non-hydrogen) atoms. The second-order valence-corrected chi connectivity index (χ2v) is 4.35. The maximum absolute atomic E-state index is 10.7. The number of carbonyl (C=O) groups excluding carboxylic acids is 1. The summed E-state index contributed by atoms with van der Waals surface area (Å²) in [6.07, 6.45) is 4.36. The predicted octanol–water partition coefficient (Wildman–Crippen LogP) is 2.44. The zero-order valence-electron chi connectivity index (χ0n) is 10.2. The summed E-state index contributed by atoms with van der Waals surface area (Å²) in [5.41, 5.74) is 3.78. The van der Waals surface area contributed by atoms with E-state index >= 15 is 0 Å². The highest BCUT2D eigenvalue weighted by Gasteiger charge is 2.21. The average molecular weight is 252 g/mol. The van der Waals surface area contributed by atoms with Gasteiger partial charge in [0.15, 0.2) is 12.4 Å². The summed E-state index contributed by atoms with van der Waals surface area (Å²) in [5.74, 6) is 0. The molecule has 1 atom stereocenters. The normalized spacial score (nSPS) is 17.7. The zero-order valence-corrected chi connectivity index (χ0v) is 10.2. The molecule has 0 aliphatic carbocycles. The van der Waals surface area contributed by atoms with E-state index in [1.54, 1.807) is 6.20 Å². The molecular weight excluding hydrogens is 240 g/mol. The van der Waals surface area contributed by atoms with Crippen molar-refractivity contribution >= 4 is 12.0 Å². The van der Waals surface area contributed by atoms with Gasteiger partial charge in [0.25, 0.3) is 0 Å². The number of oxime groups is 1. The lowest BCUT2D eigenvalue weighted by atomic mass is 10.0. The van der Waals surface area contributed by atoms with Crippen LogP contribution in [-0.2, 0) is 9.63 Å². The lowest BCUT2D eigenvalue weighted by Crippen LogP contribution is -2.09. The van der Waals surface area contributed by atoms with E-state index in [4.69, 9.17) is 4.84 Å². The van der Waals surface area contributed by atoms with Gasteiger partial charge < -0.3 is 4.84 Å². The summed E-state index contributed by atoms with van der Waals surface area (Å²) in [6, 6.07) is 12.0. The van der Waals surface area contributed by atoms with Crippen molar-refractivity contribution in [1.29, 1.82) is 0 Å². The first-order chi connectivity index (χ1) is 9.36. The molecule has 0 fully saturated rings. The minimum Gasteiger partial charge on any atom is -0.384 e. The van der Waals surface area contributed by atoms with Crippen molar-refractivity contribution in [3.8, 4) is 11.1 Å². The number of hydrogen-bond donors (Lipinski definition) is 0. The van der Waals surface area contributed by atoms with Gasteiger partial charge in [0.2, 0.25) is 0 Å². The largest absolute Gasteiger partial charge is 0.384 e. The number of pyridine rings is 1. The van der Waals surface area contributed by atoms with Gasteiger partial charge in [-0.2, -0.15) is 0 Å². The van der Waals surface area contributed by atoms with E-state index in [2.05, 4.69) is 10.1 Å². The summed E-state index contributed by atoms with van der Waals surface area (Å²) in [5, 5.41) is 3.94. The first-order valence-corrected chi connectivity index (χ1v) is 6.05. The predicted molar refractivity (Wildman–Crippen MR) is 71.8 cm³/mol. The molecule has 0 saturated heterocycles. The molecule has 4 nitrogen and oxygen atoms in total. The molecule has 0 saturated carbocycles. The van der Waals surface area contributed by atoms with Gasteiger partial charge in [-0.05, 0) is 11.6 Å². The Bertz CT molecular complexity index is 623. The van der Waals surface area contributed by atoms with Gasteiger partial charge in [0, 0.05) is 29.9 Å². The van der Waals surface area contributed by atoms with E-state index in [-0.39, 0.29) is 0 Å². The zero-order chi connectivity index (χ0) is 13.1. The molecule has 0 spiro atoms. The van der Waals surface area contributed by atoms with Gasteiger partial charge in [-0.3, -0.25) is 9.78 Å². The number of carbonyl (C=O) groups is 1. The van der Waals surface area contributed by atoms with E-state index in [1.807, 2.05) is 42.6 Å². The molecule has 0 radical (unpaired) electrons. The molecule has 0 amide bonds. The van der Waals surface area contributed by atoms with Crippen LogP contribution < -0.4 is 0 Å². The highest BCUT2D eigenvalue weighted by molar-refractivity contribution is 6.03. The maximum atomic E-state index is 10.7. The number of nitrogens with zero attached hydrogens (tertiary/aromatic N) is 2. The fourth-order valence-corrected chi connectivity index (χ4v) is 2.03. The molecule has 3 rings (SSSR count). The molecule has 1 unspecified atom stereocenters. The summed E-state index contributed by atoms with van der Waals surface area (Å²) >= 11 is 0. The molecule has 1 aliphatic heterocycles. The molecule has 2 heterocycles. The van der Waals surface area contributed by atoms with Crippen molar-refractivity contribution in [3.63, 3.8) is 0 Å². The standard InChI is InChI=1S/C15H12N2O2/c18-10-14-7-15(17-19-14)13-6-12(8-16-9-13)11-4-2-1-3-5-11/h1-6,8-10,14H,7H2. The third-order valence-electron chi connectivity index (χ3n) is 3.02. The van der Waals surface area contributed by atoms with Crippen LogP contribution >= 0.6 is 0 Å². The van der Waals surface area contributed by atoms with Crippen molar-refractivity contribution < 1.29 is 9.63 Å². The molecule has 0 bridgehead atoms. The third kappa shape index (κ3) is 2.38. The van der Waals surface area contributed by atoms with Crippen molar-refractivity contribution in [1.82, 2.24) is 4.98 Å². The van der Waals surface area contributed by atoms with Gasteiger partial charge in [-0.25, -0.2) is 0 Å². The van der Waals surface area contributed by atoms with Crippen LogP contribution in [0.4, 0.5) is 0 Å². The summed E-state index contributed by atoms with van der Waals surface area (Å²) in [6.45, 7) is 0. The highest BCUT2D eigenvalue weighted by atomic mass is 16.6. The molecule has 94 valence electrons. The van der Waals surface area contributed by atoms with Crippen LogP contribution in [0.1, 0.15) is 12.0 Å². The number of rotatable bonds is 3. The Labute approximate surface area is 110 Å². The molecule has 1 aromatic carbocycles. The fourth-order valence-electron chi connectivity index (χ4n) is 2.03. The van der Waals surface area contributed by atoms with Crippen LogP contribution in [0.5, 0.6) is 0 Å². The van der Waals surface area contributed by atoms with Crippen LogP contribution in [-0.4, -0.2) is 23.1 Å². The van der Waals surface area contributed by atoms with Crippen LogP contribution in [0.25, 0.3) is 11.1 Å². The number of aldehydes is 1. The van der Waals surface area contributed by atoms with Crippen molar-refractivity contribution in [2.24, 2.45) is 5.16 Å². The Kier molecular flexibility index (Phi) is 3.06. The third-order valence-corrected chi connectivity index (χ3v) is 3.02. The molecular formula is C15H12N2O2. The smallest absolute Gasteiger partial charge is 0.187 e. The summed E-state index contributed by atoms with van der Waals surface area (Å²) in [7, 11) is 0. The van der Waals surface area contributed by atoms with Crippen LogP contribution in [0.2, 0.25) is 0 Å². The second-order valence-electron chi connectivity index (χ2n) is 4.35. The minimum absolute atomic E-state index is 0.463. The van der Waals surface area contributed by atoms with Gasteiger partial charge in [0.1, 0.15) is 0 Å². The Morgan fingerprint density at radius 3 is 2.63 bits per heavy atom. The molecule has 4 heteroatoms. The van der Waals surface area contributed by atoms with Crippen LogP contribution in [0, 0.1) is 0 Å². The fraction of sp³-hybridized carbons (Fsp3) is 0.133. The highest BCUT2D eigenvalue weighted by Crippen LogP contribution is 2.21. The van der Waals surface area contributed by atoms with Crippen LogP contribution in [0.15, 0.2) is 53.9 Å². The van der Waals surface area contributed by atoms with Gasteiger partial charge in [0.05, 0.1) is 5.71 Å². The van der Waals surface area contributed by atoms with E-state index in [1.165, 1.54) is 0 Å². The Balaban J connectivity index is 1.91.